The average Bonchev–Trinajstić information content (AvgIpc) is 2.92. The molecule has 26 heavy (non-hydrogen) atoms. The number of carbonyl (C=O) groups is 1. The summed E-state index contributed by atoms with van der Waals surface area (Å²) < 4.78 is 20.4. The highest BCUT2D eigenvalue weighted by atomic mass is 35.5. The Hall–Kier alpha value is -1.78. The maximum Gasteiger partial charge on any atom is 0.311 e. The lowest BCUT2D eigenvalue weighted by Gasteiger charge is -2.06. The first kappa shape index (κ1) is 19.0. The summed E-state index contributed by atoms with van der Waals surface area (Å²) in [5.41, 5.74) is 1.89. The first-order chi connectivity index (χ1) is 12.3. The van der Waals surface area contributed by atoms with Gasteiger partial charge in [-0.3, -0.25) is 4.79 Å². The molecule has 1 fully saturated rings. The summed E-state index contributed by atoms with van der Waals surface area (Å²) in [7, 11) is 0. The van der Waals surface area contributed by atoms with Crippen LogP contribution in [0.4, 0.5) is 4.39 Å². The summed E-state index contributed by atoms with van der Waals surface area (Å²) in [6, 6.07) is 8.37. The summed E-state index contributed by atoms with van der Waals surface area (Å²) in [5.74, 6) is -0.729. The first-order valence-corrected chi connectivity index (χ1v) is 9.11. The number of esters is 1. The molecule has 1 aliphatic rings. The van der Waals surface area contributed by atoms with Gasteiger partial charge in [0.05, 0.1) is 5.92 Å². The number of halogens is 3. The molecular weight excluding hydrogens is 376 g/mol. The van der Waals surface area contributed by atoms with E-state index in [1.807, 2.05) is 36.9 Å². The minimum atomic E-state index is -0.250. The fourth-order valence-corrected chi connectivity index (χ4v) is 3.59. The molecule has 1 saturated carbocycles. The van der Waals surface area contributed by atoms with Crippen LogP contribution < -0.4 is 0 Å². The molecule has 6 heteroatoms. The number of hydrogen-bond acceptors (Lipinski definition) is 2. The Morgan fingerprint density at radius 1 is 1.23 bits per heavy atom. The topological polar surface area (TPSA) is 31.2 Å². The second-order valence-electron chi connectivity index (χ2n) is 7.21. The standard InChI is InChI=1S/C20H20Cl2FNO2/c1-20(2)16(10-17(21)22)18(20)19(25)26-12-24-8-7-14(11-24)9-13-3-5-15(23)6-4-13/h3-8,10-11,16,18H,9,12H2,1-2H3. The highest BCUT2D eigenvalue weighted by molar-refractivity contribution is 6.55. The fraction of sp³-hybridized carbons (Fsp3) is 0.350. The second-order valence-corrected chi connectivity index (χ2v) is 8.22. The van der Waals surface area contributed by atoms with Crippen LogP contribution in [0.25, 0.3) is 0 Å². The van der Waals surface area contributed by atoms with Crippen molar-refractivity contribution < 1.29 is 13.9 Å². The Morgan fingerprint density at radius 2 is 1.92 bits per heavy atom. The van der Waals surface area contributed by atoms with Crippen LogP contribution in [0.2, 0.25) is 0 Å². The van der Waals surface area contributed by atoms with E-state index in [2.05, 4.69) is 0 Å². The van der Waals surface area contributed by atoms with Crippen LogP contribution in [0.15, 0.2) is 53.3 Å². The Labute approximate surface area is 162 Å². The zero-order valence-electron chi connectivity index (χ0n) is 14.6. The number of nitrogens with zero attached hydrogens (tertiary/aromatic N) is 1. The summed E-state index contributed by atoms with van der Waals surface area (Å²) in [6.07, 6.45) is 6.17. The molecule has 0 amide bonds. The molecule has 2 atom stereocenters. The van der Waals surface area contributed by atoms with Gasteiger partial charge in [0.1, 0.15) is 10.3 Å². The van der Waals surface area contributed by atoms with E-state index in [4.69, 9.17) is 27.9 Å². The molecule has 0 bridgehead atoms. The Balaban J connectivity index is 1.54. The van der Waals surface area contributed by atoms with Crippen molar-refractivity contribution in [2.75, 3.05) is 0 Å². The molecule has 0 aliphatic heterocycles. The number of hydrogen-bond donors (Lipinski definition) is 0. The van der Waals surface area contributed by atoms with Crippen LogP contribution in [0.5, 0.6) is 0 Å². The van der Waals surface area contributed by atoms with Gasteiger partial charge in [-0.05, 0) is 53.2 Å². The molecule has 1 heterocycles. The van der Waals surface area contributed by atoms with Crippen molar-refractivity contribution in [1.82, 2.24) is 4.57 Å². The molecule has 0 radical (unpaired) electrons. The van der Waals surface area contributed by atoms with Crippen molar-refractivity contribution in [2.24, 2.45) is 17.3 Å². The SMILES string of the molecule is CC1(C)C(C=C(Cl)Cl)C1C(=O)OCn1ccc(Cc2ccc(F)cc2)c1. The van der Waals surface area contributed by atoms with Gasteiger partial charge in [-0.25, -0.2) is 4.39 Å². The average molecular weight is 396 g/mol. The van der Waals surface area contributed by atoms with Crippen LogP contribution in [0, 0.1) is 23.1 Å². The van der Waals surface area contributed by atoms with Gasteiger partial charge in [0, 0.05) is 12.4 Å². The van der Waals surface area contributed by atoms with E-state index in [9.17, 15) is 9.18 Å². The van der Waals surface area contributed by atoms with Crippen LogP contribution in [0.3, 0.4) is 0 Å². The zero-order valence-corrected chi connectivity index (χ0v) is 16.1. The third kappa shape index (κ3) is 4.30. The van der Waals surface area contributed by atoms with Crippen molar-refractivity contribution >= 4 is 29.2 Å². The first-order valence-electron chi connectivity index (χ1n) is 8.36. The number of carbonyl (C=O) groups excluding carboxylic acids is 1. The molecule has 0 spiro atoms. The zero-order chi connectivity index (χ0) is 18.9. The number of rotatable bonds is 6. The smallest absolute Gasteiger partial charge is 0.311 e. The maximum absolute atomic E-state index is 13.0. The van der Waals surface area contributed by atoms with Gasteiger partial charge in [0.2, 0.25) is 0 Å². The van der Waals surface area contributed by atoms with Crippen LogP contribution >= 0.6 is 23.2 Å². The van der Waals surface area contributed by atoms with Gasteiger partial charge >= 0.3 is 5.97 Å². The summed E-state index contributed by atoms with van der Waals surface area (Å²) >= 11 is 11.4. The van der Waals surface area contributed by atoms with Crippen LogP contribution in [-0.2, 0) is 22.7 Å². The third-order valence-electron chi connectivity index (χ3n) is 4.96. The molecule has 1 aromatic carbocycles. The van der Waals surface area contributed by atoms with Gasteiger partial charge in [-0.2, -0.15) is 0 Å². The summed E-state index contributed by atoms with van der Waals surface area (Å²) in [5, 5.41) is 0. The van der Waals surface area contributed by atoms with Gasteiger partial charge in [-0.15, -0.1) is 0 Å². The van der Waals surface area contributed by atoms with Gasteiger partial charge in [-0.1, -0.05) is 49.2 Å². The van der Waals surface area contributed by atoms with E-state index in [0.717, 1.165) is 11.1 Å². The highest BCUT2D eigenvalue weighted by Crippen LogP contribution is 2.60. The Kier molecular flexibility index (Phi) is 5.44. The maximum atomic E-state index is 13.0. The molecule has 3 rings (SSSR count). The monoisotopic (exact) mass is 395 g/mol. The summed E-state index contributed by atoms with van der Waals surface area (Å²) in [4.78, 5) is 12.3. The molecule has 2 unspecified atom stereocenters. The second kappa shape index (κ2) is 7.45. The Morgan fingerprint density at radius 3 is 2.58 bits per heavy atom. The molecule has 1 aromatic heterocycles. The third-order valence-corrected chi connectivity index (χ3v) is 5.21. The predicted molar refractivity (Wildman–Crippen MR) is 100 cm³/mol. The fourth-order valence-electron chi connectivity index (χ4n) is 3.32. The molecule has 0 saturated heterocycles. The number of aromatic nitrogens is 1. The molecule has 3 nitrogen and oxygen atoms in total. The van der Waals surface area contributed by atoms with Crippen molar-refractivity contribution in [3.05, 3.63) is 70.2 Å². The van der Waals surface area contributed by atoms with E-state index in [0.29, 0.717) is 6.42 Å². The van der Waals surface area contributed by atoms with E-state index in [1.165, 1.54) is 12.1 Å². The molecule has 0 N–H and O–H groups in total. The summed E-state index contributed by atoms with van der Waals surface area (Å²) in [6.45, 7) is 4.14. The lowest BCUT2D eigenvalue weighted by atomic mass is 10.1. The normalized spacial score (nSPS) is 20.5. The van der Waals surface area contributed by atoms with Crippen LogP contribution in [0.1, 0.15) is 25.0 Å². The van der Waals surface area contributed by atoms with Crippen molar-refractivity contribution in [1.29, 1.82) is 0 Å². The van der Waals surface area contributed by atoms with Crippen molar-refractivity contribution in [2.45, 2.75) is 27.0 Å². The Bertz CT molecular complexity index is 823. The van der Waals surface area contributed by atoms with Crippen molar-refractivity contribution in [3.63, 3.8) is 0 Å². The minimum Gasteiger partial charge on any atom is -0.444 e. The predicted octanol–water partition coefficient (Wildman–Crippen LogP) is 5.31. The van der Waals surface area contributed by atoms with E-state index in [1.54, 1.807) is 18.2 Å². The van der Waals surface area contributed by atoms with Gasteiger partial charge in [0.25, 0.3) is 0 Å². The van der Waals surface area contributed by atoms with E-state index >= 15 is 0 Å². The number of allylic oxidation sites excluding steroid dienone is 1. The molecule has 1 aliphatic carbocycles. The quantitative estimate of drug-likeness (QED) is 0.620. The lowest BCUT2D eigenvalue weighted by molar-refractivity contribution is -0.150. The molecule has 138 valence electrons. The molecule has 2 aromatic rings. The van der Waals surface area contributed by atoms with E-state index in [-0.39, 0.29) is 40.3 Å². The largest absolute Gasteiger partial charge is 0.444 e. The van der Waals surface area contributed by atoms with Crippen LogP contribution in [-0.4, -0.2) is 10.5 Å². The minimum absolute atomic E-state index is 0.00120. The van der Waals surface area contributed by atoms with E-state index < -0.39 is 0 Å². The van der Waals surface area contributed by atoms with Gasteiger partial charge < -0.3 is 9.30 Å². The number of benzene rings is 1. The van der Waals surface area contributed by atoms with Gasteiger partial charge in [0.15, 0.2) is 6.73 Å². The van der Waals surface area contributed by atoms with Crippen molar-refractivity contribution in [3.8, 4) is 0 Å². The molecular formula is C20H20Cl2FNO2. The number of ether oxygens (including phenoxy) is 1. The lowest BCUT2D eigenvalue weighted by Crippen LogP contribution is -2.13. The highest BCUT2D eigenvalue weighted by Gasteiger charge is 2.61.